The summed E-state index contributed by atoms with van der Waals surface area (Å²) in [6, 6.07) is 8.55. The van der Waals surface area contributed by atoms with E-state index in [1.54, 1.807) is 18.3 Å². The standard InChI is InChI=1S/C14H15ClN4O2/c1-3-19(12-8-13(20)18(2)14(21)17-12)16-9-10-5-4-6-11(15)7-10/h4-9H,3H2,1-2H3,(H,17,21). The summed E-state index contributed by atoms with van der Waals surface area (Å²) in [5.74, 6) is 0.351. The highest BCUT2D eigenvalue weighted by molar-refractivity contribution is 6.30. The first-order valence-electron chi connectivity index (χ1n) is 6.38. The molecule has 7 heteroatoms. The third-order valence-electron chi connectivity index (χ3n) is 2.90. The van der Waals surface area contributed by atoms with E-state index in [-0.39, 0.29) is 5.56 Å². The van der Waals surface area contributed by atoms with Gasteiger partial charge in [0.2, 0.25) is 0 Å². The molecule has 0 bridgehead atoms. The lowest BCUT2D eigenvalue weighted by atomic mass is 10.2. The highest BCUT2D eigenvalue weighted by Crippen LogP contribution is 2.10. The summed E-state index contributed by atoms with van der Waals surface area (Å²) in [5, 5.41) is 6.41. The number of halogens is 1. The largest absolute Gasteiger partial charge is 0.329 e. The second kappa shape index (κ2) is 6.41. The van der Waals surface area contributed by atoms with Gasteiger partial charge in [-0.25, -0.2) is 9.80 Å². The van der Waals surface area contributed by atoms with Crippen LogP contribution in [0.2, 0.25) is 5.02 Å². The number of nitrogens with one attached hydrogen (secondary N) is 1. The Balaban J connectivity index is 2.32. The van der Waals surface area contributed by atoms with Gasteiger partial charge in [-0.05, 0) is 24.6 Å². The minimum Gasteiger partial charge on any atom is -0.292 e. The third-order valence-corrected chi connectivity index (χ3v) is 3.14. The maximum Gasteiger partial charge on any atom is 0.329 e. The molecule has 2 aromatic rings. The van der Waals surface area contributed by atoms with Crippen molar-refractivity contribution in [3.8, 4) is 0 Å². The van der Waals surface area contributed by atoms with Crippen LogP contribution in [-0.4, -0.2) is 22.3 Å². The Morgan fingerprint density at radius 1 is 1.38 bits per heavy atom. The molecule has 0 aliphatic carbocycles. The molecule has 1 aromatic heterocycles. The quantitative estimate of drug-likeness (QED) is 0.689. The maximum atomic E-state index is 11.6. The third kappa shape index (κ3) is 3.61. The van der Waals surface area contributed by atoms with Crippen LogP contribution < -0.4 is 16.3 Å². The maximum absolute atomic E-state index is 11.6. The van der Waals surface area contributed by atoms with E-state index in [9.17, 15) is 9.59 Å². The fourth-order valence-electron chi connectivity index (χ4n) is 1.72. The highest BCUT2D eigenvalue weighted by Gasteiger charge is 2.06. The zero-order valence-corrected chi connectivity index (χ0v) is 12.5. The lowest BCUT2D eigenvalue weighted by Gasteiger charge is -2.16. The topological polar surface area (TPSA) is 70.5 Å². The summed E-state index contributed by atoms with van der Waals surface area (Å²) >= 11 is 5.90. The number of hydrogen-bond acceptors (Lipinski definition) is 4. The molecule has 0 atom stereocenters. The molecule has 1 N–H and O–H groups in total. The molecule has 2 rings (SSSR count). The van der Waals surface area contributed by atoms with Gasteiger partial charge >= 0.3 is 5.69 Å². The minimum atomic E-state index is -0.478. The van der Waals surface area contributed by atoms with Gasteiger partial charge in [0.15, 0.2) is 0 Å². The molecule has 110 valence electrons. The van der Waals surface area contributed by atoms with Gasteiger partial charge < -0.3 is 0 Å². The lowest BCUT2D eigenvalue weighted by Crippen LogP contribution is -2.34. The van der Waals surface area contributed by atoms with Gasteiger partial charge in [0, 0.05) is 24.7 Å². The van der Waals surface area contributed by atoms with Gasteiger partial charge in [-0.3, -0.25) is 14.3 Å². The summed E-state index contributed by atoms with van der Waals surface area (Å²) in [5.41, 5.74) is -0.0359. The van der Waals surface area contributed by atoms with E-state index in [4.69, 9.17) is 11.6 Å². The number of benzene rings is 1. The monoisotopic (exact) mass is 306 g/mol. The number of hydrazone groups is 1. The molecule has 0 aliphatic rings. The van der Waals surface area contributed by atoms with Crippen LogP contribution in [0.3, 0.4) is 0 Å². The predicted octanol–water partition coefficient (Wildman–Crippen LogP) is 1.59. The Morgan fingerprint density at radius 2 is 2.14 bits per heavy atom. The van der Waals surface area contributed by atoms with Crippen molar-refractivity contribution in [3.63, 3.8) is 0 Å². The lowest BCUT2D eigenvalue weighted by molar-refractivity contribution is 0.756. The van der Waals surface area contributed by atoms with Crippen molar-refractivity contribution in [1.29, 1.82) is 0 Å². The van der Waals surface area contributed by atoms with Gasteiger partial charge in [-0.2, -0.15) is 5.10 Å². The van der Waals surface area contributed by atoms with E-state index in [1.807, 2.05) is 19.1 Å². The van der Waals surface area contributed by atoms with Crippen molar-refractivity contribution in [1.82, 2.24) is 9.55 Å². The first kappa shape index (κ1) is 15.1. The first-order chi connectivity index (χ1) is 10.0. The summed E-state index contributed by atoms with van der Waals surface area (Å²) < 4.78 is 0.998. The fraction of sp³-hybridized carbons (Fsp3) is 0.214. The van der Waals surface area contributed by atoms with E-state index < -0.39 is 5.69 Å². The summed E-state index contributed by atoms with van der Waals surface area (Å²) in [6.07, 6.45) is 1.62. The number of anilines is 1. The molecule has 0 amide bonds. The average Bonchev–Trinajstić information content (AvgIpc) is 2.45. The van der Waals surface area contributed by atoms with E-state index in [0.29, 0.717) is 17.4 Å². The second-order valence-corrected chi connectivity index (χ2v) is 4.81. The number of aromatic nitrogens is 2. The zero-order chi connectivity index (χ0) is 15.4. The molecule has 1 aromatic carbocycles. The summed E-state index contributed by atoms with van der Waals surface area (Å²) in [6.45, 7) is 2.37. The molecule has 0 aliphatic heterocycles. The van der Waals surface area contributed by atoms with E-state index in [2.05, 4.69) is 10.1 Å². The van der Waals surface area contributed by atoms with Crippen molar-refractivity contribution >= 4 is 23.6 Å². The Kier molecular flexibility index (Phi) is 4.59. The number of nitrogens with zero attached hydrogens (tertiary/aromatic N) is 3. The Bertz CT molecular complexity index is 748. The molecule has 0 unspecified atom stereocenters. The molecule has 0 spiro atoms. The number of H-pyrrole nitrogens is 1. The molecule has 1 heterocycles. The fourth-order valence-corrected chi connectivity index (χ4v) is 1.92. The van der Waals surface area contributed by atoms with Crippen LogP contribution in [-0.2, 0) is 7.05 Å². The Labute approximate surface area is 126 Å². The van der Waals surface area contributed by atoms with E-state index in [1.165, 1.54) is 18.1 Å². The zero-order valence-electron chi connectivity index (χ0n) is 11.7. The van der Waals surface area contributed by atoms with Gasteiger partial charge in [0.1, 0.15) is 5.82 Å². The molecule has 0 fully saturated rings. The molecular weight excluding hydrogens is 292 g/mol. The predicted molar refractivity (Wildman–Crippen MR) is 84.4 cm³/mol. The van der Waals surface area contributed by atoms with Crippen LogP contribution in [0.4, 0.5) is 5.82 Å². The van der Waals surface area contributed by atoms with Crippen molar-refractivity contribution < 1.29 is 0 Å². The molecule has 6 nitrogen and oxygen atoms in total. The smallest absolute Gasteiger partial charge is 0.292 e. The van der Waals surface area contributed by atoms with E-state index >= 15 is 0 Å². The van der Waals surface area contributed by atoms with Crippen LogP contribution in [0.15, 0.2) is 45.0 Å². The van der Waals surface area contributed by atoms with Crippen molar-refractivity contribution in [2.45, 2.75) is 6.92 Å². The Hall–Kier alpha value is -2.34. The van der Waals surface area contributed by atoms with Gasteiger partial charge in [0.25, 0.3) is 5.56 Å². The summed E-state index contributed by atoms with van der Waals surface area (Å²) in [7, 11) is 1.41. The molecule has 21 heavy (non-hydrogen) atoms. The van der Waals surface area contributed by atoms with Gasteiger partial charge in [0.05, 0.1) is 6.21 Å². The molecular formula is C14H15ClN4O2. The SMILES string of the molecule is CCN(N=Cc1cccc(Cl)c1)c1cc(=O)n(C)c(=O)[nH]1. The van der Waals surface area contributed by atoms with Crippen molar-refractivity contribution in [2.75, 3.05) is 11.6 Å². The van der Waals surface area contributed by atoms with Crippen LogP contribution in [0, 0.1) is 0 Å². The molecule has 0 saturated carbocycles. The number of hydrogen-bond donors (Lipinski definition) is 1. The molecule has 0 saturated heterocycles. The van der Waals surface area contributed by atoms with Crippen molar-refractivity contribution in [2.24, 2.45) is 12.1 Å². The number of rotatable bonds is 4. The summed E-state index contributed by atoms with van der Waals surface area (Å²) in [4.78, 5) is 25.9. The second-order valence-electron chi connectivity index (χ2n) is 4.37. The molecule has 0 radical (unpaired) electrons. The first-order valence-corrected chi connectivity index (χ1v) is 6.76. The highest BCUT2D eigenvalue weighted by atomic mass is 35.5. The van der Waals surface area contributed by atoms with Gasteiger partial charge in [-0.15, -0.1) is 0 Å². The normalized spacial score (nSPS) is 11.0. The Morgan fingerprint density at radius 3 is 2.76 bits per heavy atom. The number of aromatic amines is 1. The van der Waals surface area contributed by atoms with Crippen LogP contribution in [0.25, 0.3) is 0 Å². The van der Waals surface area contributed by atoms with Crippen LogP contribution in [0.5, 0.6) is 0 Å². The minimum absolute atomic E-state index is 0.351. The van der Waals surface area contributed by atoms with E-state index in [0.717, 1.165) is 10.1 Å². The van der Waals surface area contributed by atoms with Crippen molar-refractivity contribution in [3.05, 3.63) is 61.8 Å². The van der Waals surface area contributed by atoms with Crippen LogP contribution >= 0.6 is 11.6 Å². The van der Waals surface area contributed by atoms with Crippen LogP contribution in [0.1, 0.15) is 12.5 Å². The van der Waals surface area contributed by atoms with Gasteiger partial charge in [-0.1, -0.05) is 23.7 Å². The average molecular weight is 307 g/mol.